The number of hydrogen-bond acceptors (Lipinski definition) is 4. The average Bonchev–Trinajstić information content (AvgIpc) is 2.41. The summed E-state index contributed by atoms with van der Waals surface area (Å²) in [4.78, 5) is 22.1. The molecule has 1 atom stereocenters. The lowest BCUT2D eigenvalue weighted by Crippen LogP contribution is -2.18. The number of carbonyl (C=O) groups excluding carboxylic acids is 2. The smallest absolute Gasteiger partial charge is 0.306 e. The van der Waals surface area contributed by atoms with Crippen molar-refractivity contribution in [2.45, 2.75) is 56.4 Å². The monoisotopic (exact) mass is 324 g/mol. The molecule has 0 bridgehead atoms. The fourth-order valence-corrected chi connectivity index (χ4v) is 1.61. The van der Waals surface area contributed by atoms with Gasteiger partial charge in [-0.1, -0.05) is 32.4 Å². The fraction of sp³-hybridized carbons (Fsp3) is 0.714. The quantitative estimate of drug-likeness (QED) is 0.251. The van der Waals surface area contributed by atoms with E-state index in [4.69, 9.17) is 32.7 Å². The van der Waals surface area contributed by atoms with Crippen LogP contribution in [-0.2, 0) is 19.1 Å². The molecule has 0 saturated heterocycles. The van der Waals surface area contributed by atoms with Crippen LogP contribution in [0.15, 0.2) is 12.7 Å². The summed E-state index contributed by atoms with van der Waals surface area (Å²) in [6, 6.07) is 0. The van der Waals surface area contributed by atoms with Gasteiger partial charge >= 0.3 is 11.9 Å². The second-order valence-corrected chi connectivity index (χ2v) is 5.61. The van der Waals surface area contributed by atoms with E-state index in [0.717, 1.165) is 25.7 Å². The molecular weight excluding hydrogens is 303 g/mol. The molecule has 20 heavy (non-hydrogen) atoms. The highest BCUT2D eigenvalue weighted by Gasteiger charge is 2.14. The van der Waals surface area contributed by atoms with Crippen LogP contribution in [0.5, 0.6) is 0 Å². The zero-order valence-corrected chi connectivity index (χ0v) is 13.3. The molecule has 0 aromatic carbocycles. The first-order valence-electron chi connectivity index (χ1n) is 6.75. The summed E-state index contributed by atoms with van der Waals surface area (Å²) >= 11 is 10.8. The Kier molecular flexibility index (Phi) is 11.6. The molecule has 1 unspecified atom stereocenters. The van der Waals surface area contributed by atoms with Crippen molar-refractivity contribution < 1.29 is 19.1 Å². The zero-order chi connectivity index (χ0) is 15.4. The van der Waals surface area contributed by atoms with Gasteiger partial charge in [-0.3, -0.25) is 9.59 Å². The maximum absolute atomic E-state index is 11.6. The average molecular weight is 325 g/mol. The molecule has 0 aliphatic rings. The fourth-order valence-electron chi connectivity index (χ4n) is 1.48. The number of alkyl halides is 2. The van der Waals surface area contributed by atoms with Crippen molar-refractivity contribution in [1.82, 2.24) is 0 Å². The molecule has 0 aromatic heterocycles. The van der Waals surface area contributed by atoms with Crippen LogP contribution in [0.4, 0.5) is 0 Å². The van der Waals surface area contributed by atoms with E-state index in [0.29, 0.717) is 0 Å². The van der Waals surface area contributed by atoms with E-state index in [2.05, 4.69) is 13.5 Å². The second kappa shape index (κ2) is 12.0. The molecule has 0 radical (unpaired) electrons. The molecule has 0 spiro atoms. The summed E-state index contributed by atoms with van der Waals surface area (Å²) in [5, 5.41) is 0. The molecule has 0 heterocycles. The van der Waals surface area contributed by atoms with Crippen molar-refractivity contribution in [3.05, 3.63) is 12.7 Å². The van der Waals surface area contributed by atoms with Crippen molar-refractivity contribution in [1.29, 1.82) is 0 Å². The minimum absolute atomic E-state index is 0.0216. The lowest BCUT2D eigenvalue weighted by atomic mass is 10.1. The molecule has 116 valence electrons. The first-order valence-corrected chi connectivity index (χ1v) is 7.62. The minimum Gasteiger partial charge on any atom is -0.463 e. The number of halogens is 2. The van der Waals surface area contributed by atoms with Crippen molar-refractivity contribution in [2.75, 3.05) is 6.61 Å². The third-order valence-electron chi connectivity index (χ3n) is 2.54. The van der Waals surface area contributed by atoms with Crippen molar-refractivity contribution in [3.8, 4) is 0 Å². The number of hydrogen-bond donors (Lipinski definition) is 0. The van der Waals surface area contributed by atoms with Gasteiger partial charge in [0.2, 0.25) is 0 Å². The van der Waals surface area contributed by atoms with Crippen LogP contribution in [-0.4, -0.2) is 29.5 Å². The molecule has 0 rings (SSSR count). The third kappa shape index (κ3) is 11.1. The summed E-state index contributed by atoms with van der Waals surface area (Å²) in [6.07, 6.45) is 5.18. The van der Waals surface area contributed by atoms with E-state index in [1.54, 1.807) is 6.08 Å². The second-order valence-electron chi connectivity index (χ2n) is 4.33. The van der Waals surface area contributed by atoms with Gasteiger partial charge in [0.15, 0.2) is 0 Å². The summed E-state index contributed by atoms with van der Waals surface area (Å²) in [5.41, 5.74) is 0. The van der Waals surface area contributed by atoms with Crippen LogP contribution in [0.25, 0.3) is 0 Å². The van der Waals surface area contributed by atoms with Crippen LogP contribution in [0, 0.1) is 0 Å². The Morgan fingerprint density at radius 2 is 1.85 bits per heavy atom. The first-order chi connectivity index (χ1) is 9.49. The molecule has 0 N–H and O–H groups in total. The Morgan fingerprint density at radius 3 is 2.40 bits per heavy atom. The molecule has 4 nitrogen and oxygen atoms in total. The summed E-state index contributed by atoms with van der Waals surface area (Å²) in [7, 11) is 0. The minimum atomic E-state index is -0.755. The Bertz CT molecular complexity index is 306. The van der Waals surface area contributed by atoms with Gasteiger partial charge in [-0.25, -0.2) is 0 Å². The molecule has 0 aromatic rings. The van der Waals surface area contributed by atoms with Gasteiger partial charge in [0, 0.05) is 0 Å². The molecular formula is C14H22Cl2O4. The van der Waals surface area contributed by atoms with Crippen LogP contribution in [0.3, 0.4) is 0 Å². The van der Waals surface area contributed by atoms with Gasteiger partial charge in [0.25, 0.3) is 0 Å². The van der Waals surface area contributed by atoms with E-state index in [9.17, 15) is 9.59 Å². The van der Waals surface area contributed by atoms with Gasteiger partial charge in [0.05, 0.1) is 12.8 Å². The summed E-state index contributed by atoms with van der Waals surface area (Å²) in [6.45, 7) is 5.66. The molecule has 0 amide bonds. The lowest BCUT2D eigenvalue weighted by molar-refractivity contribution is -0.152. The largest absolute Gasteiger partial charge is 0.463 e. The molecule has 6 heteroatoms. The highest BCUT2D eigenvalue weighted by atomic mass is 35.5. The normalized spacial score (nSPS) is 12.0. The standard InChI is InChI=1S/C14H22Cl2O4/c1-3-5-6-7-11(4-2)20-14(18)9-8-13(17)19-10-12(15)16/h4,11-12H,2-3,5-10H2,1H3. The highest BCUT2D eigenvalue weighted by molar-refractivity contribution is 6.44. The number of ether oxygens (including phenoxy) is 2. The molecule has 0 aliphatic heterocycles. The van der Waals surface area contributed by atoms with E-state index in [1.165, 1.54) is 0 Å². The van der Waals surface area contributed by atoms with Crippen molar-refractivity contribution >= 4 is 35.1 Å². The van der Waals surface area contributed by atoms with E-state index >= 15 is 0 Å². The first kappa shape index (κ1) is 19.3. The Balaban J connectivity index is 3.84. The van der Waals surface area contributed by atoms with Crippen LogP contribution in [0.1, 0.15) is 45.4 Å². The van der Waals surface area contributed by atoms with E-state index < -0.39 is 16.8 Å². The lowest BCUT2D eigenvalue weighted by Gasteiger charge is -2.13. The van der Waals surface area contributed by atoms with E-state index in [-0.39, 0.29) is 25.6 Å². The number of carbonyl (C=O) groups is 2. The van der Waals surface area contributed by atoms with Crippen molar-refractivity contribution in [2.24, 2.45) is 0 Å². The van der Waals surface area contributed by atoms with Gasteiger partial charge < -0.3 is 9.47 Å². The topological polar surface area (TPSA) is 52.6 Å². The third-order valence-corrected chi connectivity index (χ3v) is 2.79. The van der Waals surface area contributed by atoms with Gasteiger partial charge in [-0.2, -0.15) is 0 Å². The number of rotatable bonds is 11. The SMILES string of the molecule is C=CC(CCCCC)OC(=O)CCC(=O)OCC(Cl)Cl. The van der Waals surface area contributed by atoms with Crippen LogP contribution in [0.2, 0.25) is 0 Å². The highest BCUT2D eigenvalue weighted by Crippen LogP contribution is 2.10. The predicted octanol–water partition coefficient (Wildman–Crippen LogP) is 3.79. The van der Waals surface area contributed by atoms with Crippen molar-refractivity contribution in [3.63, 3.8) is 0 Å². The maximum Gasteiger partial charge on any atom is 0.306 e. The van der Waals surface area contributed by atoms with Gasteiger partial charge in [0.1, 0.15) is 17.5 Å². The molecule has 0 aliphatic carbocycles. The maximum atomic E-state index is 11.6. The Hall–Kier alpha value is -0.740. The Morgan fingerprint density at radius 1 is 1.20 bits per heavy atom. The van der Waals surface area contributed by atoms with Crippen LogP contribution >= 0.6 is 23.2 Å². The molecule has 0 saturated carbocycles. The van der Waals surface area contributed by atoms with Crippen LogP contribution < -0.4 is 0 Å². The number of unbranched alkanes of at least 4 members (excludes halogenated alkanes) is 2. The summed E-state index contributed by atoms with van der Waals surface area (Å²) in [5.74, 6) is -0.953. The summed E-state index contributed by atoms with van der Waals surface area (Å²) < 4.78 is 9.94. The predicted molar refractivity (Wildman–Crippen MR) is 79.9 cm³/mol. The Labute approximate surface area is 130 Å². The van der Waals surface area contributed by atoms with Gasteiger partial charge in [-0.15, -0.1) is 23.2 Å². The number of esters is 2. The zero-order valence-electron chi connectivity index (χ0n) is 11.8. The molecule has 0 fully saturated rings. The van der Waals surface area contributed by atoms with E-state index in [1.807, 2.05) is 0 Å². The van der Waals surface area contributed by atoms with Gasteiger partial charge in [-0.05, 0) is 12.8 Å².